The van der Waals surface area contributed by atoms with Crippen LogP contribution in [0.5, 0.6) is 0 Å². The third-order valence-corrected chi connectivity index (χ3v) is 7.42. The molecule has 2 amide bonds. The van der Waals surface area contributed by atoms with Crippen molar-refractivity contribution in [2.75, 3.05) is 17.8 Å². The smallest absolute Gasteiger partial charge is 0.272 e. The van der Waals surface area contributed by atoms with Crippen molar-refractivity contribution in [1.29, 1.82) is 0 Å². The highest BCUT2D eigenvalue weighted by Gasteiger charge is 2.56. The molecule has 0 spiro atoms. The van der Waals surface area contributed by atoms with Crippen LogP contribution in [-0.2, 0) is 23.5 Å². The number of pyridine rings is 1. The summed E-state index contributed by atoms with van der Waals surface area (Å²) in [6.45, 7) is 0.378. The molecule has 4 rings (SSSR count). The SMILES string of the molecule is Cn1nc(C(N)=O)c2c1C(=O)N(CC1(S(=O)(=O)Nc3ccccn3)CC1)CC2. The number of aromatic nitrogens is 3. The van der Waals surface area contributed by atoms with Crippen molar-refractivity contribution < 1.29 is 18.0 Å². The predicted molar refractivity (Wildman–Crippen MR) is 100 cm³/mol. The highest BCUT2D eigenvalue weighted by atomic mass is 32.2. The number of hydrogen-bond acceptors (Lipinski definition) is 6. The zero-order valence-electron chi connectivity index (χ0n) is 15.3. The van der Waals surface area contributed by atoms with Crippen molar-refractivity contribution in [3.05, 3.63) is 41.3 Å². The summed E-state index contributed by atoms with van der Waals surface area (Å²) in [5.41, 5.74) is 6.24. The fourth-order valence-electron chi connectivity index (χ4n) is 3.59. The Kier molecular flexibility index (Phi) is 4.14. The Hall–Kier alpha value is -2.95. The normalized spacial score (nSPS) is 17.9. The Labute approximate surface area is 161 Å². The van der Waals surface area contributed by atoms with Crippen molar-refractivity contribution in [2.45, 2.75) is 24.0 Å². The molecule has 0 saturated heterocycles. The lowest BCUT2D eigenvalue weighted by molar-refractivity contribution is 0.0724. The molecule has 1 fully saturated rings. The minimum Gasteiger partial charge on any atom is -0.364 e. The van der Waals surface area contributed by atoms with Gasteiger partial charge >= 0.3 is 0 Å². The first-order valence-corrected chi connectivity index (χ1v) is 10.3. The average molecular weight is 404 g/mol. The number of amides is 2. The van der Waals surface area contributed by atoms with E-state index in [1.807, 2.05) is 0 Å². The van der Waals surface area contributed by atoms with E-state index in [-0.39, 0.29) is 29.7 Å². The molecule has 0 aromatic carbocycles. The number of nitrogens with two attached hydrogens (primary N) is 1. The van der Waals surface area contributed by atoms with Gasteiger partial charge in [-0.3, -0.25) is 19.0 Å². The molecule has 1 saturated carbocycles. The van der Waals surface area contributed by atoms with Crippen LogP contribution in [0.1, 0.15) is 39.4 Å². The molecule has 1 aliphatic heterocycles. The molecule has 0 radical (unpaired) electrons. The summed E-state index contributed by atoms with van der Waals surface area (Å²) < 4.78 is 28.6. The summed E-state index contributed by atoms with van der Waals surface area (Å²) in [4.78, 5) is 30.0. The maximum atomic E-state index is 12.9. The molecular weight excluding hydrogens is 384 g/mol. The molecule has 28 heavy (non-hydrogen) atoms. The molecule has 11 heteroatoms. The predicted octanol–water partition coefficient (Wildman–Crippen LogP) is -0.113. The van der Waals surface area contributed by atoms with Gasteiger partial charge in [-0.25, -0.2) is 13.4 Å². The number of sulfonamides is 1. The summed E-state index contributed by atoms with van der Waals surface area (Å²) in [6.07, 6.45) is 2.83. The van der Waals surface area contributed by atoms with E-state index in [1.165, 1.54) is 15.8 Å². The molecule has 1 aliphatic carbocycles. The number of carbonyl (C=O) groups is 2. The van der Waals surface area contributed by atoms with Crippen LogP contribution < -0.4 is 10.5 Å². The summed E-state index contributed by atoms with van der Waals surface area (Å²) >= 11 is 0. The third-order valence-electron chi connectivity index (χ3n) is 5.26. The van der Waals surface area contributed by atoms with Gasteiger partial charge in [-0.1, -0.05) is 6.07 Å². The Morgan fingerprint density at radius 1 is 1.36 bits per heavy atom. The molecule has 10 nitrogen and oxygen atoms in total. The number of fused-ring (bicyclic) bond motifs is 1. The van der Waals surface area contributed by atoms with Crippen LogP contribution in [-0.4, -0.2) is 57.7 Å². The second-order valence-corrected chi connectivity index (χ2v) is 9.22. The zero-order valence-corrected chi connectivity index (χ0v) is 16.1. The van der Waals surface area contributed by atoms with Gasteiger partial charge in [-0.2, -0.15) is 5.10 Å². The molecule has 2 aromatic rings. The maximum absolute atomic E-state index is 12.9. The first kappa shape index (κ1) is 18.4. The van der Waals surface area contributed by atoms with Gasteiger partial charge in [0.05, 0.1) is 0 Å². The van der Waals surface area contributed by atoms with Gasteiger partial charge in [0.25, 0.3) is 11.8 Å². The van der Waals surface area contributed by atoms with E-state index in [0.717, 1.165) is 0 Å². The molecule has 3 N–H and O–H groups in total. The number of hydrogen-bond donors (Lipinski definition) is 2. The monoisotopic (exact) mass is 404 g/mol. The quantitative estimate of drug-likeness (QED) is 0.688. The Morgan fingerprint density at radius 3 is 2.71 bits per heavy atom. The first-order valence-electron chi connectivity index (χ1n) is 8.82. The highest BCUT2D eigenvalue weighted by molar-refractivity contribution is 7.94. The van der Waals surface area contributed by atoms with Gasteiger partial charge in [0, 0.05) is 31.9 Å². The van der Waals surface area contributed by atoms with E-state index >= 15 is 0 Å². The molecular formula is C17H20N6O4S. The minimum atomic E-state index is -3.72. The minimum absolute atomic E-state index is 0.0739. The van der Waals surface area contributed by atoms with Crippen molar-refractivity contribution in [1.82, 2.24) is 19.7 Å². The Morgan fingerprint density at radius 2 is 2.11 bits per heavy atom. The molecule has 2 aromatic heterocycles. The first-order chi connectivity index (χ1) is 13.2. The van der Waals surface area contributed by atoms with E-state index < -0.39 is 20.7 Å². The zero-order chi connectivity index (χ0) is 20.1. The van der Waals surface area contributed by atoms with Crippen molar-refractivity contribution in [3.63, 3.8) is 0 Å². The second kappa shape index (κ2) is 6.30. The van der Waals surface area contributed by atoms with E-state index in [2.05, 4.69) is 14.8 Å². The lowest BCUT2D eigenvalue weighted by Crippen LogP contribution is -2.47. The number of nitrogens with one attached hydrogen (secondary N) is 1. The van der Waals surface area contributed by atoms with Gasteiger partial charge in [0.2, 0.25) is 10.0 Å². The largest absolute Gasteiger partial charge is 0.364 e. The van der Waals surface area contributed by atoms with Crippen LogP contribution in [0.4, 0.5) is 5.82 Å². The summed E-state index contributed by atoms with van der Waals surface area (Å²) in [6, 6.07) is 4.97. The molecule has 3 heterocycles. The maximum Gasteiger partial charge on any atom is 0.272 e. The van der Waals surface area contributed by atoms with Crippen LogP contribution in [0.25, 0.3) is 0 Å². The van der Waals surface area contributed by atoms with Crippen molar-refractivity contribution in [3.8, 4) is 0 Å². The number of carbonyl (C=O) groups excluding carboxylic acids is 2. The van der Waals surface area contributed by atoms with Crippen molar-refractivity contribution >= 4 is 27.7 Å². The highest BCUT2D eigenvalue weighted by Crippen LogP contribution is 2.45. The van der Waals surface area contributed by atoms with E-state index in [9.17, 15) is 18.0 Å². The lowest BCUT2D eigenvalue weighted by Gasteiger charge is -2.31. The van der Waals surface area contributed by atoms with Crippen molar-refractivity contribution in [2.24, 2.45) is 12.8 Å². The Bertz CT molecular complexity index is 1060. The van der Waals surface area contributed by atoms with Gasteiger partial charge in [0.15, 0.2) is 5.69 Å². The summed E-state index contributed by atoms with van der Waals surface area (Å²) in [7, 11) is -2.15. The van der Waals surface area contributed by atoms with Gasteiger partial charge in [0.1, 0.15) is 16.3 Å². The van der Waals surface area contributed by atoms with Gasteiger partial charge in [-0.15, -0.1) is 0 Å². The van der Waals surface area contributed by atoms with E-state index in [1.54, 1.807) is 25.2 Å². The van der Waals surface area contributed by atoms with E-state index in [4.69, 9.17) is 5.73 Å². The molecule has 148 valence electrons. The van der Waals surface area contributed by atoms with Crippen LogP contribution >= 0.6 is 0 Å². The number of nitrogens with zero attached hydrogens (tertiary/aromatic N) is 4. The van der Waals surface area contributed by atoms with Crippen LogP contribution in [0.15, 0.2) is 24.4 Å². The fourth-order valence-corrected chi connectivity index (χ4v) is 5.17. The second-order valence-electron chi connectivity index (χ2n) is 7.14. The summed E-state index contributed by atoms with van der Waals surface area (Å²) in [5, 5.41) is 4.05. The van der Waals surface area contributed by atoms with Crippen LogP contribution in [0.3, 0.4) is 0 Å². The number of aryl methyl sites for hydroxylation is 1. The number of rotatable bonds is 6. The topological polar surface area (TPSA) is 140 Å². The van der Waals surface area contributed by atoms with E-state index in [0.29, 0.717) is 31.4 Å². The fraction of sp³-hybridized carbons (Fsp3) is 0.412. The van der Waals surface area contributed by atoms with Crippen LogP contribution in [0, 0.1) is 0 Å². The standard InChI is InChI=1S/C17H20N6O4S/c1-22-14-11(13(20-22)15(18)24)5-9-23(16(14)25)10-17(6-7-17)28(26,27)21-12-4-2-3-8-19-12/h2-4,8H,5-7,9-10H2,1H3,(H2,18,24)(H,19,21). The molecule has 2 aliphatic rings. The van der Waals surface area contributed by atoms with Crippen LogP contribution in [0.2, 0.25) is 0 Å². The average Bonchev–Trinajstić information content (AvgIpc) is 3.35. The lowest BCUT2D eigenvalue weighted by atomic mass is 10.0. The number of primary amides is 1. The summed E-state index contributed by atoms with van der Waals surface area (Å²) in [5.74, 6) is -0.777. The number of anilines is 1. The molecule has 0 bridgehead atoms. The van der Waals surface area contributed by atoms with Gasteiger partial charge < -0.3 is 10.6 Å². The molecule has 0 unspecified atom stereocenters. The Balaban J connectivity index is 1.57. The molecule has 0 atom stereocenters. The third kappa shape index (κ3) is 2.91. The van der Waals surface area contributed by atoms with Gasteiger partial charge in [-0.05, 0) is 31.4 Å².